The van der Waals surface area contributed by atoms with Crippen molar-refractivity contribution in [1.29, 1.82) is 5.26 Å². The number of aromatic nitrogens is 1. The molecule has 1 aromatic carbocycles. The van der Waals surface area contributed by atoms with Gasteiger partial charge < -0.3 is 14.5 Å². The zero-order valence-corrected chi connectivity index (χ0v) is 14.6. The van der Waals surface area contributed by atoms with Crippen molar-refractivity contribution < 1.29 is 4.74 Å². The molecule has 1 fully saturated rings. The molecular formula is C18H21ClN4O. The second kappa shape index (κ2) is 7.80. The number of nitrogens with zero attached hydrogens (tertiary/aromatic N) is 4. The molecule has 1 aromatic heterocycles. The molecule has 1 aliphatic rings. The highest BCUT2D eigenvalue weighted by Gasteiger charge is 2.13. The Morgan fingerprint density at radius 2 is 2.08 bits per heavy atom. The van der Waals surface area contributed by atoms with E-state index in [2.05, 4.69) is 27.9 Å². The number of halogens is 1. The first-order valence-corrected chi connectivity index (χ1v) is 8.57. The number of hydrogen-bond donors (Lipinski definition) is 0. The highest BCUT2D eigenvalue weighted by Crippen LogP contribution is 2.28. The molecule has 0 radical (unpaired) electrons. The first kappa shape index (κ1) is 17.0. The number of nitriles is 1. The molecule has 0 aliphatic carbocycles. The quantitative estimate of drug-likeness (QED) is 0.781. The lowest BCUT2D eigenvalue weighted by atomic mass is 10.1. The highest BCUT2D eigenvalue weighted by molar-refractivity contribution is 6.35. The van der Waals surface area contributed by atoms with Crippen molar-refractivity contribution in [3.8, 4) is 11.8 Å². The number of ether oxygens (including phenoxy) is 1. The number of fused-ring (bicyclic) bond motifs is 1. The Labute approximate surface area is 147 Å². The van der Waals surface area contributed by atoms with E-state index in [4.69, 9.17) is 16.3 Å². The number of pyridine rings is 1. The van der Waals surface area contributed by atoms with Gasteiger partial charge in [0, 0.05) is 50.4 Å². The Hall–Kier alpha value is -1.87. The lowest BCUT2D eigenvalue weighted by molar-refractivity contribution is 0.145. The van der Waals surface area contributed by atoms with Crippen LogP contribution in [0.3, 0.4) is 0 Å². The third kappa shape index (κ3) is 3.96. The van der Waals surface area contributed by atoms with Crippen LogP contribution >= 0.6 is 11.6 Å². The fourth-order valence-electron chi connectivity index (χ4n) is 2.89. The van der Waals surface area contributed by atoms with Gasteiger partial charge in [-0.2, -0.15) is 5.26 Å². The van der Waals surface area contributed by atoms with Gasteiger partial charge >= 0.3 is 0 Å². The maximum Gasteiger partial charge on any atom is 0.139 e. The number of likely N-dealkylation sites (N-methyl/N-ethyl adjacent to an activating group) is 1. The summed E-state index contributed by atoms with van der Waals surface area (Å²) in [5.41, 5.74) is 1.24. The van der Waals surface area contributed by atoms with Gasteiger partial charge in [0.25, 0.3) is 0 Å². The van der Waals surface area contributed by atoms with Gasteiger partial charge in [-0.05, 0) is 25.6 Å². The van der Waals surface area contributed by atoms with Gasteiger partial charge in [-0.1, -0.05) is 11.6 Å². The summed E-state index contributed by atoms with van der Waals surface area (Å²) in [6.45, 7) is 6.07. The van der Waals surface area contributed by atoms with Crippen LogP contribution in [-0.2, 0) is 0 Å². The molecule has 0 N–H and O–H groups in total. The van der Waals surface area contributed by atoms with Crippen molar-refractivity contribution in [2.24, 2.45) is 0 Å². The molecule has 0 saturated carbocycles. The van der Waals surface area contributed by atoms with Crippen LogP contribution in [0.25, 0.3) is 10.9 Å². The Kier molecular flexibility index (Phi) is 5.52. The molecule has 0 bridgehead atoms. The third-order valence-corrected chi connectivity index (χ3v) is 4.71. The topological polar surface area (TPSA) is 52.4 Å². The van der Waals surface area contributed by atoms with Gasteiger partial charge in [-0.3, -0.25) is 4.98 Å². The summed E-state index contributed by atoms with van der Waals surface area (Å²) in [6.07, 6.45) is 2.60. The standard InChI is InChI=1S/C18H21ClN4O/c1-22-6-8-23(9-7-22)5-2-10-24-18-12-17-15(11-14(18)13-20)16(19)3-4-21-17/h3-4,11-12H,2,5-10H2,1H3. The predicted molar refractivity (Wildman–Crippen MR) is 95.5 cm³/mol. The minimum absolute atomic E-state index is 0.497. The lowest BCUT2D eigenvalue weighted by Crippen LogP contribution is -2.44. The average Bonchev–Trinajstić information content (AvgIpc) is 2.60. The molecular weight excluding hydrogens is 324 g/mol. The second-order valence-corrected chi connectivity index (χ2v) is 6.52. The maximum atomic E-state index is 9.35. The van der Waals surface area contributed by atoms with Crippen molar-refractivity contribution in [3.05, 3.63) is 35.0 Å². The normalized spacial score (nSPS) is 16.2. The van der Waals surface area contributed by atoms with E-state index in [1.54, 1.807) is 24.4 Å². The Morgan fingerprint density at radius 3 is 2.83 bits per heavy atom. The first-order chi connectivity index (χ1) is 11.7. The zero-order valence-electron chi connectivity index (χ0n) is 13.8. The molecule has 0 atom stereocenters. The van der Waals surface area contributed by atoms with Crippen LogP contribution in [0, 0.1) is 11.3 Å². The fourth-order valence-corrected chi connectivity index (χ4v) is 3.10. The van der Waals surface area contributed by atoms with Crippen molar-refractivity contribution in [1.82, 2.24) is 14.8 Å². The Bertz CT molecular complexity index is 751. The SMILES string of the molecule is CN1CCN(CCCOc2cc3nccc(Cl)c3cc2C#N)CC1. The molecule has 0 spiro atoms. The highest BCUT2D eigenvalue weighted by atomic mass is 35.5. The molecule has 5 nitrogen and oxygen atoms in total. The number of rotatable bonds is 5. The third-order valence-electron chi connectivity index (χ3n) is 4.38. The van der Waals surface area contributed by atoms with Crippen LogP contribution in [0.1, 0.15) is 12.0 Å². The van der Waals surface area contributed by atoms with Crippen LogP contribution in [0.5, 0.6) is 5.75 Å². The van der Waals surface area contributed by atoms with E-state index in [9.17, 15) is 5.26 Å². The molecule has 2 heterocycles. The smallest absolute Gasteiger partial charge is 0.139 e. The molecule has 3 rings (SSSR count). The maximum absolute atomic E-state index is 9.35. The second-order valence-electron chi connectivity index (χ2n) is 6.12. The molecule has 0 amide bonds. The van der Waals surface area contributed by atoms with Crippen LogP contribution in [0.15, 0.2) is 24.4 Å². The van der Waals surface area contributed by atoms with E-state index in [0.717, 1.165) is 50.0 Å². The lowest BCUT2D eigenvalue weighted by Gasteiger charge is -2.32. The van der Waals surface area contributed by atoms with Gasteiger partial charge in [0.15, 0.2) is 0 Å². The molecule has 126 valence electrons. The summed E-state index contributed by atoms with van der Waals surface area (Å²) < 4.78 is 5.85. The molecule has 24 heavy (non-hydrogen) atoms. The van der Waals surface area contributed by atoms with Gasteiger partial charge in [0.05, 0.1) is 22.7 Å². The summed E-state index contributed by atoms with van der Waals surface area (Å²) in [5, 5.41) is 10.7. The van der Waals surface area contributed by atoms with E-state index in [0.29, 0.717) is 22.9 Å². The Balaban J connectivity index is 1.60. The van der Waals surface area contributed by atoms with Crippen LogP contribution in [0.4, 0.5) is 0 Å². The Morgan fingerprint density at radius 1 is 1.29 bits per heavy atom. The molecule has 1 aliphatic heterocycles. The van der Waals surface area contributed by atoms with E-state index in [1.165, 1.54) is 0 Å². The molecule has 6 heteroatoms. The number of piperazine rings is 1. The van der Waals surface area contributed by atoms with E-state index in [-0.39, 0.29) is 0 Å². The number of hydrogen-bond acceptors (Lipinski definition) is 5. The minimum atomic E-state index is 0.497. The average molecular weight is 345 g/mol. The summed E-state index contributed by atoms with van der Waals surface area (Å²) in [5.74, 6) is 0.582. The summed E-state index contributed by atoms with van der Waals surface area (Å²) >= 11 is 6.16. The van der Waals surface area contributed by atoms with Crippen LogP contribution in [-0.4, -0.2) is 61.2 Å². The molecule has 1 saturated heterocycles. The van der Waals surface area contributed by atoms with Crippen LogP contribution < -0.4 is 4.74 Å². The van der Waals surface area contributed by atoms with E-state index < -0.39 is 0 Å². The van der Waals surface area contributed by atoms with E-state index >= 15 is 0 Å². The van der Waals surface area contributed by atoms with Crippen molar-refractivity contribution >= 4 is 22.5 Å². The monoisotopic (exact) mass is 344 g/mol. The summed E-state index contributed by atoms with van der Waals surface area (Å²) in [6, 6.07) is 7.46. The van der Waals surface area contributed by atoms with Gasteiger partial charge in [0.1, 0.15) is 11.8 Å². The first-order valence-electron chi connectivity index (χ1n) is 8.19. The molecule has 2 aromatic rings. The van der Waals surface area contributed by atoms with Crippen LogP contribution in [0.2, 0.25) is 5.02 Å². The fraction of sp³-hybridized carbons (Fsp3) is 0.444. The predicted octanol–water partition coefficient (Wildman–Crippen LogP) is 2.78. The largest absolute Gasteiger partial charge is 0.492 e. The van der Waals surface area contributed by atoms with Crippen molar-refractivity contribution in [2.45, 2.75) is 6.42 Å². The summed E-state index contributed by atoms with van der Waals surface area (Å²) in [4.78, 5) is 9.10. The summed E-state index contributed by atoms with van der Waals surface area (Å²) in [7, 11) is 2.16. The van der Waals surface area contributed by atoms with Crippen molar-refractivity contribution in [2.75, 3.05) is 46.4 Å². The van der Waals surface area contributed by atoms with Gasteiger partial charge in [0.2, 0.25) is 0 Å². The van der Waals surface area contributed by atoms with Crippen molar-refractivity contribution in [3.63, 3.8) is 0 Å². The van der Waals surface area contributed by atoms with Gasteiger partial charge in [-0.15, -0.1) is 0 Å². The molecule has 0 unspecified atom stereocenters. The zero-order chi connectivity index (χ0) is 16.9. The minimum Gasteiger partial charge on any atom is -0.492 e. The number of benzene rings is 1. The van der Waals surface area contributed by atoms with E-state index in [1.807, 2.05) is 0 Å². The van der Waals surface area contributed by atoms with Gasteiger partial charge in [-0.25, -0.2) is 0 Å².